The summed E-state index contributed by atoms with van der Waals surface area (Å²) in [5, 5.41) is 8.98. The number of aliphatic hydroxyl groups excluding tert-OH is 1. The van der Waals surface area contributed by atoms with Crippen LogP contribution >= 0.6 is 23.5 Å². The predicted octanol–water partition coefficient (Wildman–Crippen LogP) is 3.90. The third-order valence-corrected chi connectivity index (χ3v) is 18.9. The molecule has 297 valence electrons. The van der Waals surface area contributed by atoms with Gasteiger partial charge in [0.2, 0.25) is 0 Å². The van der Waals surface area contributed by atoms with Gasteiger partial charge in [-0.25, -0.2) is 0 Å². The number of ether oxygens (including phenoxy) is 5. The third kappa shape index (κ3) is 20.6. The molecule has 6 heterocycles. The monoisotopic (exact) mass is 1070 g/mol. The molecule has 6 fully saturated rings. The van der Waals surface area contributed by atoms with E-state index in [0.717, 1.165) is 38.7 Å². The van der Waals surface area contributed by atoms with E-state index in [4.69, 9.17) is 28.8 Å². The molecule has 4 unspecified atom stereocenters. The summed E-state index contributed by atoms with van der Waals surface area (Å²) in [6.07, 6.45) is 5.59. The van der Waals surface area contributed by atoms with Gasteiger partial charge in [-0.05, 0) is 89.1 Å². The van der Waals surface area contributed by atoms with Crippen LogP contribution in [0.25, 0.3) is 0 Å². The fourth-order valence-electron chi connectivity index (χ4n) is 5.70. The molecular weight excluding hydrogens is 1020 g/mol. The van der Waals surface area contributed by atoms with Gasteiger partial charge in [0.25, 0.3) is 0 Å². The molecule has 6 saturated heterocycles. The second-order valence-electron chi connectivity index (χ2n) is 12.8. The van der Waals surface area contributed by atoms with Crippen molar-refractivity contribution in [2.24, 2.45) is 0 Å². The minimum Gasteiger partial charge on any atom is -0.405 e. The summed E-state index contributed by atoms with van der Waals surface area (Å²) in [7, 11) is -4.05. The number of hydrogen-bond donors (Lipinski definition) is 1. The maximum atomic E-state index is 11.7. The van der Waals surface area contributed by atoms with Gasteiger partial charge in [0.15, 0.2) is 0 Å². The molecule has 0 spiro atoms. The van der Waals surface area contributed by atoms with Crippen molar-refractivity contribution in [1.82, 2.24) is 0 Å². The summed E-state index contributed by atoms with van der Waals surface area (Å²) in [5.41, 5.74) is 0. The Balaban J connectivity index is 0.000000682. The molecule has 10 nitrogen and oxygen atoms in total. The maximum Gasteiger partial charge on any atom is 0.133 e. The number of thioether (sulfide) groups is 2. The largest absolute Gasteiger partial charge is 0.405 e. The van der Waals surface area contributed by atoms with Gasteiger partial charge < -0.3 is 49.6 Å². The Morgan fingerprint density at radius 3 is 1.48 bits per heavy atom. The molecule has 6 aliphatic heterocycles. The van der Waals surface area contributed by atoms with Crippen LogP contribution < -0.4 is 0 Å². The molecule has 0 aromatic rings. The van der Waals surface area contributed by atoms with Gasteiger partial charge in [-0.1, -0.05) is 6.58 Å². The van der Waals surface area contributed by atoms with Crippen molar-refractivity contribution >= 4 is 66.7 Å². The van der Waals surface area contributed by atoms with Crippen LogP contribution in [0.3, 0.4) is 0 Å². The molecule has 1 N–H and O–H groups in total. The van der Waals surface area contributed by atoms with E-state index in [1.54, 1.807) is 0 Å². The molecule has 13 atom stereocenters. The zero-order chi connectivity index (χ0) is 36.1. The number of rotatable bonds is 6. The van der Waals surface area contributed by atoms with Crippen molar-refractivity contribution in [2.75, 3.05) is 47.7 Å². The van der Waals surface area contributed by atoms with Crippen LogP contribution in [0, 0.1) is 20.8 Å². The Morgan fingerprint density at radius 2 is 1.12 bits per heavy atom. The van der Waals surface area contributed by atoms with Crippen LogP contribution in [-0.2, 0) is 165 Å². The Bertz CT molecular complexity index is 1080. The van der Waals surface area contributed by atoms with E-state index >= 15 is 0 Å². The second kappa shape index (κ2) is 30.2. The van der Waals surface area contributed by atoms with Crippen LogP contribution in [0.5, 0.6) is 0 Å². The van der Waals surface area contributed by atoms with Crippen LogP contribution in [0.2, 0.25) is 0 Å². The summed E-state index contributed by atoms with van der Waals surface area (Å²) in [4.78, 5) is 0. The minimum absolute atomic E-state index is 0. The molecule has 6 rings (SSSR count). The molecule has 0 aromatic heterocycles. The van der Waals surface area contributed by atoms with Gasteiger partial charge in [0, 0.05) is 143 Å². The summed E-state index contributed by atoms with van der Waals surface area (Å²) in [6.45, 7) is 22.1. The van der Waals surface area contributed by atoms with Crippen molar-refractivity contribution in [2.45, 2.75) is 123 Å². The molecule has 0 aromatic carbocycles. The normalized spacial score (nSPS) is 40.2. The van der Waals surface area contributed by atoms with Crippen LogP contribution in [-0.4, -0.2) is 134 Å². The van der Waals surface area contributed by atoms with Crippen molar-refractivity contribution in [1.29, 1.82) is 0 Å². The number of aliphatic hydroxyl groups is 1. The molecule has 52 heavy (non-hydrogen) atoms. The first-order valence-corrected chi connectivity index (χ1v) is 24.5. The van der Waals surface area contributed by atoms with E-state index < -0.39 is 43.2 Å². The van der Waals surface area contributed by atoms with E-state index in [0.29, 0.717) is 44.5 Å². The van der Waals surface area contributed by atoms with Crippen LogP contribution in [0.4, 0.5) is 0 Å². The smallest absolute Gasteiger partial charge is 0.133 e. The fourth-order valence-corrected chi connectivity index (χ4v) is 14.7. The molecule has 19 heteroatoms. The van der Waals surface area contributed by atoms with Gasteiger partial charge in [-0.2, -0.15) is 0 Å². The van der Waals surface area contributed by atoms with E-state index in [2.05, 4.69) is 34.3 Å². The van der Waals surface area contributed by atoms with E-state index in [1.165, 1.54) is 17.9 Å². The minimum atomic E-state index is -1.01. The number of hydrogen-bond acceptors (Lipinski definition) is 12. The first-order chi connectivity index (χ1) is 23.2. The van der Waals surface area contributed by atoms with Crippen molar-refractivity contribution < 1.29 is 144 Å². The third-order valence-electron chi connectivity index (χ3n) is 8.42. The zero-order valence-electron chi connectivity index (χ0n) is 30.9. The first kappa shape index (κ1) is 56.1. The van der Waals surface area contributed by atoms with Crippen LogP contribution in [0.15, 0.2) is 10.8 Å². The Kier molecular flexibility index (Phi) is 32.6. The fraction of sp³-hybridized carbons (Fsp3) is 0.848. The Hall–Kier alpha value is 4.11. The van der Waals surface area contributed by atoms with Gasteiger partial charge in [-0.3, -0.25) is 16.8 Å². The second-order valence-corrected chi connectivity index (χ2v) is 22.9. The molecule has 6 aliphatic rings. The molecule has 0 amide bonds. The SMILES string of the molecule is C=C1S(=O)CCCS1=O.[CH2-][C@H]1O[C@@H](C)C[C@H]1O.[CH2-][C@H]1O[C@@H](C)C[C@H]1OCC1S(=O)CCCS1=O.[CH2-][C@H]1O[C@@H](C)C[C@H]1OCC1SCCCS1.[Y].[Y].[Y]. The average molecular weight is 1070 g/mol. The van der Waals surface area contributed by atoms with E-state index in [1.807, 2.05) is 37.4 Å². The Labute approximate surface area is 407 Å². The summed E-state index contributed by atoms with van der Waals surface area (Å²) in [5.74, 6) is 5.14. The van der Waals surface area contributed by atoms with Crippen molar-refractivity contribution in [3.05, 3.63) is 31.6 Å². The standard InChI is InChI=1S/C11H19O4S2.C11H19O2S2.C6H11O2.C5H8O2S2.3Y/c1-8-6-10(9(2)15-8)14-7-11-16(12)4-3-5-17(11)13;1-8-6-10(9(2)13-8)12-7-11-14-4-3-5-15-11;1-4-3-6(7)5(2)8-4;1-5-8(6)3-2-4-9(5)7;;;/h8-11H,2-7H2,1H3;8-11H,2-7H2,1H3;4-7H,2-3H2,1H3;1-4H2;;;/q3*-1;;;;/t8-,9+,10+,11?,16?,17?;8-,9+,10+;4-,5+,6+;;;;/m000..../s1. The van der Waals surface area contributed by atoms with Gasteiger partial charge in [-0.15, -0.1) is 23.5 Å². The van der Waals surface area contributed by atoms with E-state index in [-0.39, 0.29) is 152 Å². The topological polar surface area (TPSA) is 135 Å². The molecular formula is C33H57O10S6Y3-3. The molecule has 0 bridgehead atoms. The summed E-state index contributed by atoms with van der Waals surface area (Å²) < 4.78 is 73.6. The van der Waals surface area contributed by atoms with Gasteiger partial charge in [0.05, 0.1) is 80.3 Å². The van der Waals surface area contributed by atoms with E-state index in [9.17, 15) is 16.8 Å². The Morgan fingerprint density at radius 1 is 0.692 bits per heavy atom. The average Bonchev–Trinajstić information content (AvgIpc) is 3.67. The van der Waals surface area contributed by atoms with Gasteiger partial charge in [0.1, 0.15) is 4.58 Å². The zero-order valence-corrected chi connectivity index (χ0v) is 44.3. The molecule has 0 saturated carbocycles. The van der Waals surface area contributed by atoms with Gasteiger partial charge >= 0.3 is 0 Å². The van der Waals surface area contributed by atoms with Crippen molar-refractivity contribution in [3.8, 4) is 0 Å². The molecule has 0 aliphatic carbocycles. The predicted molar refractivity (Wildman–Crippen MR) is 206 cm³/mol. The molecule has 3 radical (unpaired) electrons. The van der Waals surface area contributed by atoms with Crippen molar-refractivity contribution in [3.63, 3.8) is 0 Å². The first-order valence-electron chi connectivity index (χ1n) is 17.0. The maximum absolute atomic E-state index is 11.7. The summed E-state index contributed by atoms with van der Waals surface area (Å²) >= 11 is 4.05. The van der Waals surface area contributed by atoms with Crippen LogP contribution in [0.1, 0.15) is 59.3 Å². The summed E-state index contributed by atoms with van der Waals surface area (Å²) in [6, 6.07) is 0. The quantitative estimate of drug-likeness (QED) is 0.387.